The maximum Gasteiger partial charge on any atom is 0.430 e. The maximum absolute atomic E-state index is 10.6. The van der Waals surface area contributed by atoms with Gasteiger partial charge in [0.25, 0.3) is 0 Å². The number of aromatic nitrogens is 2. The smallest absolute Gasteiger partial charge is 0.281 e. The molecule has 0 fully saturated rings. The minimum Gasteiger partial charge on any atom is -0.281 e. The zero-order valence-electron chi connectivity index (χ0n) is 7.25. The molecule has 1 heterocycles. The van der Waals surface area contributed by atoms with Crippen LogP contribution in [0, 0.1) is 0 Å². The number of H-pyrrole nitrogens is 1. The molecular formula is C9H8N3O2+. The molecule has 0 amide bonds. The van der Waals surface area contributed by atoms with Gasteiger partial charge in [-0.05, 0) is 5.56 Å². The van der Waals surface area contributed by atoms with Crippen LogP contribution in [0.4, 0.5) is 0 Å². The van der Waals surface area contributed by atoms with E-state index in [4.69, 9.17) is 0 Å². The fraction of sp³-hybridized carbons (Fsp3) is 0. The van der Waals surface area contributed by atoms with E-state index in [0.717, 1.165) is 5.56 Å². The molecule has 2 aromatic rings. The number of benzene rings is 1. The van der Waals surface area contributed by atoms with Gasteiger partial charge in [-0.15, -0.1) is 0 Å². The number of hydrogen-bond donors (Lipinski definition) is 1. The first kappa shape index (κ1) is 8.43. The summed E-state index contributed by atoms with van der Waals surface area (Å²) in [4.78, 5) is 11.8. The fourth-order valence-electron chi connectivity index (χ4n) is 0.969. The van der Waals surface area contributed by atoms with Gasteiger partial charge in [0.05, 0.1) is 4.79 Å². The molecule has 1 N–H and O–H groups in total. The van der Waals surface area contributed by atoms with Crippen molar-refractivity contribution in [1.82, 2.24) is 5.27 Å². The Morgan fingerprint density at radius 2 is 2.14 bits per heavy atom. The molecule has 0 spiro atoms. The average molecular weight is 190 g/mol. The van der Waals surface area contributed by atoms with E-state index in [-0.39, 0.29) is 0 Å². The Labute approximate surface area is 79.2 Å². The van der Waals surface area contributed by atoms with Crippen molar-refractivity contribution in [2.45, 2.75) is 0 Å². The number of nitrogens with one attached hydrogen (secondary N) is 1. The standard InChI is InChI=1S/C9H7N3O2/c13-9-7-12(11-14-9)10-6-8-4-2-1-3-5-8/h1-7H/p+1/b10-6+. The number of hydrogen-bond acceptors (Lipinski definition) is 3. The number of rotatable bonds is 2. The third kappa shape index (κ3) is 1.95. The summed E-state index contributed by atoms with van der Waals surface area (Å²) >= 11 is 0. The van der Waals surface area contributed by atoms with Crippen LogP contribution in [0.25, 0.3) is 0 Å². The van der Waals surface area contributed by atoms with Crippen LogP contribution >= 0.6 is 0 Å². The van der Waals surface area contributed by atoms with Gasteiger partial charge < -0.3 is 0 Å². The second kappa shape index (κ2) is 3.69. The summed E-state index contributed by atoms with van der Waals surface area (Å²) in [6, 6.07) is 9.54. The van der Waals surface area contributed by atoms with Gasteiger partial charge in [-0.1, -0.05) is 30.3 Å². The van der Waals surface area contributed by atoms with Crippen molar-refractivity contribution >= 4 is 6.21 Å². The van der Waals surface area contributed by atoms with E-state index in [0.29, 0.717) is 0 Å². The summed E-state index contributed by atoms with van der Waals surface area (Å²) in [6.07, 6.45) is 2.82. The molecule has 5 heteroatoms. The van der Waals surface area contributed by atoms with Gasteiger partial charge in [0, 0.05) is 10.4 Å². The van der Waals surface area contributed by atoms with Gasteiger partial charge in [-0.3, -0.25) is 4.52 Å². The van der Waals surface area contributed by atoms with Gasteiger partial charge in [-0.2, -0.15) is 0 Å². The predicted molar refractivity (Wildman–Crippen MR) is 49.0 cm³/mol. The van der Waals surface area contributed by atoms with Crippen LogP contribution in [0.5, 0.6) is 0 Å². The molecule has 14 heavy (non-hydrogen) atoms. The number of nitrogens with zero attached hydrogens (tertiary/aromatic N) is 2. The SMILES string of the molecule is O=c1c[n+](/N=C/c2ccccc2)[nH]o1. The molecular weight excluding hydrogens is 182 g/mol. The molecule has 0 unspecified atom stereocenters. The van der Waals surface area contributed by atoms with E-state index >= 15 is 0 Å². The van der Waals surface area contributed by atoms with Crippen molar-refractivity contribution in [2.75, 3.05) is 0 Å². The Morgan fingerprint density at radius 1 is 1.36 bits per heavy atom. The lowest BCUT2D eigenvalue weighted by Crippen LogP contribution is -2.29. The second-order valence-corrected chi connectivity index (χ2v) is 2.64. The Morgan fingerprint density at radius 3 is 2.79 bits per heavy atom. The molecule has 0 aliphatic heterocycles. The van der Waals surface area contributed by atoms with Crippen LogP contribution in [-0.2, 0) is 0 Å². The van der Waals surface area contributed by atoms with Gasteiger partial charge in [-0.25, -0.2) is 4.79 Å². The lowest BCUT2D eigenvalue weighted by Gasteiger charge is -1.85. The molecule has 1 aromatic carbocycles. The lowest BCUT2D eigenvalue weighted by molar-refractivity contribution is -0.745. The normalized spacial score (nSPS) is 10.9. The Hall–Kier alpha value is -2.17. The molecule has 0 radical (unpaired) electrons. The maximum atomic E-state index is 10.6. The van der Waals surface area contributed by atoms with Gasteiger partial charge in [0.15, 0.2) is 0 Å². The summed E-state index contributed by atoms with van der Waals surface area (Å²) in [5.74, 6) is 0. The highest BCUT2D eigenvalue weighted by molar-refractivity contribution is 5.78. The van der Waals surface area contributed by atoms with Gasteiger partial charge in [0.1, 0.15) is 6.21 Å². The third-order valence-corrected chi connectivity index (χ3v) is 1.60. The highest BCUT2D eigenvalue weighted by Gasteiger charge is 2.01. The van der Waals surface area contributed by atoms with Crippen LogP contribution in [0.3, 0.4) is 0 Å². The molecule has 0 saturated heterocycles. The quantitative estimate of drug-likeness (QED) is 0.540. The van der Waals surface area contributed by atoms with E-state index in [2.05, 4.69) is 14.9 Å². The Balaban J connectivity index is 2.19. The summed E-state index contributed by atoms with van der Waals surface area (Å²) in [6.45, 7) is 0. The van der Waals surface area contributed by atoms with Gasteiger partial charge >= 0.3 is 11.8 Å². The van der Waals surface area contributed by atoms with Crippen LogP contribution in [0.1, 0.15) is 5.56 Å². The molecule has 0 saturated carbocycles. The zero-order chi connectivity index (χ0) is 9.80. The van der Waals surface area contributed by atoms with Crippen molar-refractivity contribution in [3.05, 3.63) is 52.5 Å². The summed E-state index contributed by atoms with van der Waals surface area (Å²) in [5.41, 5.74) is 0.484. The highest BCUT2D eigenvalue weighted by Crippen LogP contribution is 1.92. The molecule has 2 rings (SSSR count). The topological polar surface area (TPSA) is 62.2 Å². The first-order chi connectivity index (χ1) is 6.84. The fourth-order valence-corrected chi connectivity index (χ4v) is 0.969. The van der Waals surface area contributed by atoms with Gasteiger partial charge in [0.2, 0.25) is 0 Å². The molecule has 1 aromatic heterocycles. The highest BCUT2D eigenvalue weighted by atomic mass is 16.5. The molecule has 70 valence electrons. The first-order valence-electron chi connectivity index (χ1n) is 4.04. The number of aromatic amines is 1. The van der Waals surface area contributed by atoms with Crippen LogP contribution < -0.4 is 10.4 Å². The van der Waals surface area contributed by atoms with Crippen molar-refractivity contribution in [2.24, 2.45) is 5.10 Å². The predicted octanol–water partition coefficient (Wildman–Crippen LogP) is 0.138. The minimum absolute atomic E-state index is 0.463. The molecule has 0 aliphatic carbocycles. The van der Waals surface area contributed by atoms with E-state index < -0.39 is 5.63 Å². The molecule has 5 nitrogen and oxygen atoms in total. The average Bonchev–Trinajstić information content (AvgIpc) is 2.63. The van der Waals surface area contributed by atoms with Crippen LogP contribution in [-0.4, -0.2) is 11.5 Å². The summed E-state index contributed by atoms with van der Waals surface area (Å²) in [5, 5.41) is 6.25. The van der Waals surface area contributed by atoms with E-state index in [1.807, 2.05) is 30.3 Å². The third-order valence-electron chi connectivity index (χ3n) is 1.60. The molecule has 0 bridgehead atoms. The van der Waals surface area contributed by atoms with Crippen molar-refractivity contribution in [1.29, 1.82) is 0 Å². The van der Waals surface area contributed by atoms with Crippen molar-refractivity contribution < 1.29 is 9.31 Å². The molecule has 0 atom stereocenters. The van der Waals surface area contributed by atoms with Crippen LogP contribution in [0.15, 0.2) is 50.9 Å². The Kier molecular flexibility index (Phi) is 2.22. The monoisotopic (exact) mass is 190 g/mol. The van der Waals surface area contributed by atoms with Crippen molar-refractivity contribution in [3.8, 4) is 0 Å². The van der Waals surface area contributed by atoms with Crippen LogP contribution in [0.2, 0.25) is 0 Å². The molecule has 0 aliphatic rings. The largest absolute Gasteiger partial charge is 0.430 e. The zero-order valence-corrected chi connectivity index (χ0v) is 7.25. The first-order valence-corrected chi connectivity index (χ1v) is 4.04. The van der Waals surface area contributed by atoms with E-state index in [9.17, 15) is 4.79 Å². The summed E-state index contributed by atoms with van der Waals surface area (Å²) < 4.78 is 4.42. The van der Waals surface area contributed by atoms with E-state index in [1.165, 1.54) is 11.0 Å². The second-order valence-electron chi connectivity index (χ2n) is 2.64. The van der Waals surface area contributed by atoms with Crippen molar-refractivity contribution in [3.63, 3.8) is 0 Å². The Bertz CT molecular complexity index is 484. The minimum atomic E-state index is -0.463. The lowest BCUT2D eigenvalue weighted by atomic mass is 10.2. The summed E-state index contributed by atoms with van der Waals surface area (Å²) in [7, 11) is 0. The van der Waals surface area contributed by atoms with E-state index in [1.54, 1.807) is 6.21 Å².